The lowest BCUT2D eigenvalue weighted by atomic mass is 10.1. The van der Waals surface area contributed by atoms with E-state index in [2.05, 4.69) is 9.68 Å². The van der Waals surface area contributed by atoms with Crippen LogP contribution in [-0.4, -0.2) is 16.2 Å². The number of hydrogen-bond donors (Lipinski definition) is 1. The predicted molar refractivity (Wildman–Crippen MR) is 52.7 cm³/mol. The molecule has 2 rings (SSSR count). The number of aromatic nitrogens is 1. The zero-order valence-corrected chi connectivity index (χ0v) is 7.88. The Morgan fingerprint density at radius 2 is 2.07 bits per heavy atom. The van der Waals surface area contributed by atoms with E-state index in [1.807, 2.05) is 30.3 Å². The summed E-state index contributed by atoms with van der Waals surface area (Å²) in [6, 6.07) is 9.58. The van der Waals surface area contributed by atoms with E-state index in [-0.39, 0.29) is 5.69 Å². The van der Waals surface area contributed by atoms with Crippen molar-refractivity contribution < 1.29 is 14.4 Å². The summed E-state index contributed by atoms with van der Waals surface area (Å²) in [5.41, 5.74) is 1.61. The minimum atomic E-state index is -1.06. The first-order chi connectivity index (χ1) is 7.27. The third kappa shape index (κ3) is 2.04. The molecule has 0 spiro atoms. The lowest BCUT2D eigenvalue weighted by Crippen LogP contribution is -2.01. The van der Waals surface area contributed by atoms with Gasteiger partial charge in [-0.05, 0) is 5.56 Å². The molecular formula is C11H9NO3. The van der Waals surface area contributed by atoms with Crippen LogP contribution < -0.4 is 0 Å². The van der Waals surface area contributed by atoms with Crippen molar-refractivity contribution in [2.45, 2.75) is 6.42 Å². The predicted octanol–water partition coefficient (Wildman–Crippen LogP) is 1.96. The van der Waals surface area contributed by atoms with E-state index in [0.29, 0.717) is 12.0 Å². The summed E-state index contributed by atoms with van der Waals surface area (Å²) in [6.07, 6.45) is 1.89. The van der Waals surface area contributed by atoms with Gasteiger partial charge in [0.15, 0.2) is 5.69 Å². The molecule has 4 nitrogen and oxygen atoms in total. The van der Waals surface area contributed by atoms with Gasteiger partial charge < -0.3 is 9.63 Å². The van der Waals surface area contributed by atoms with Crippen LogP contribution in [0.1, 0.15) is 21.6 Å². The highest BCUT2D eigenvalue weighted by Crippen LogP contribution is 2.12. The normalized spacial score (nSPS) is 10.1. The van der Waals surface area contributed by atoms with Crippen molar-refractivity contribution in [2.24, 2.45) is 0 Å². The van der Waals surface area contributed by atoms with E-state index in [9.17, 15) is 4.79 Å². The zero-order chi connectivity index (χ0) is 10.7. The summed E-state index contributed by atoms with van der Waals surface area (Å²) in [5.74, 6) is -1.06. The van der Waals surface area contributed by atoms with Gasteiger partial charge in [-0.25, -0.2) is 4.79 Å². The van der Waals surface area contributed by atoms with Crippen molar-refractivity contribution in [3.63, 3.8) is 0 Å². The topological polar surface area (TPSA) is 63.3 Å². The van der Waals surface area contributed by atoms with Crippen LogP contribution in [0.25, 0.3) is 0 Å². The molecule has 0 aliphatic carbocycles. The van der Waals surface area contributed by atoms with Gasteiger partial charge in [0, 0.05) is 12.0 Å². The number of carboxylic acids is 1. The molecular weight excluding hydrogens is 194 g/mol. The molecule has 4 heteroatoms. The summed E-state index contributed by atoms with van der Waals surface area (Å²) >= 11 is 0. The number of carboxylic acid groups (broad SMARTS) is 1. The number of hydrogen-bond acceptors (Lipinski definition) is 3. The van der Waals surface area contributed by atoms with Gasteiger partial charge in [-0.15, -0.1) is 0 Å². The van der Waals surface area contributed by atoms with Crippen molar-refractivity contribution >= 4 is 5.97 Å². The average Bonchev–Trinajstić information content (AvgIpc) is 2.67. The summed E-state index contributed by atoms with van der Waals surface area (Å²) in [4.78, 5) is 10.8. The van der Waals surface area contributed by atoms with Gasteiger partial charge in [-0.1, -0.05) is 35.5 Å². The van der Waals surface area contributed by atoms with Gasteiger partial charge in [0.25, 0.3) is 0 Å². The maximum atomic E-state index is 10.8. The van der Waals surface area contributed by atoms with Crippen LogP contribution in [-0.2, 0) is 6.42 Å². The molecule has 0 amide bonds. The molecule has 0 radical (unpaired) electrons. The van der Waals surface area contributed by atoms with Crippen LogP contribution in [0.4, 0.5) is 0 Å². The zero-order valence-electron chi connectivity index (χ0n) is 7.88. The van der Waals surface area contributed by atoms with Crippen molar-refractivity contribution in [3.05, 3.63) is 53.4 Å². The smallest absolute Gasteiger partial charge is 0.358 e. The largest absolute Gasteiger partial charge is 0.476 e. The fourth-order valence-corrected chi connectivity index (χ4v) is 1.37. The molecule has 0 fully saturated rings. The highest BCUT2D eigenvalue weighted by Gasteiger charge is 2.14. The first-order valence-electron chi connectivity index (χ1n) is 4.48. The lowest BCUT2D eigenvalue weighted by Gasteiger charge is -1.97. The lowest BCUT2D eigenvalue weighted by molar-refractivity contribution is 0.0685. The highest BCUT2D eigenvalue weighted by atomic mass is 16.5. The Kier molecular flexibility index (Phi) is 2.49. The molecule has 0 aliphatic heterocycles. The van der Waals surface area contributed by atoms with Crippen LogP contribution in [0.5, 0.6) is 0 Å². The minimum Gasteiger partial charge on any atom is -0.476 e. The number of benzene rings is 1. The number of carbonyl (C=O) groups is 1. The Morgan fingerprint density at radius 3 is 2.73 bits per heavy atom. The quantitative estimate of drug-likeness (QED) is 0.828. The van der Waals surface area contributed by atoms with Crippen molar-refractivity contribution in [1.29, 1.82) is 0 Å². The molecule has 0 atom stereocenters. The Morgan fingerprint density at radius 1 is 1.33 bits per heavy atom. The van der Waals surface area contributed by atoms with Crippen LogP contribution in [0, 0.1) is 0 Å². The van der Waals surface area contributed by atoms with Crippen LogP contribution in [0.15, 0.2) is 41.1 Å². The third-order valence-corrected chi connectivity index (χ3v) is 2.08. The molecule has 1 N–H and O–H groups in total. The molecule has 1 aromatic heterocycles. The Balaban J connectivity index is 2.25. The standard InChI is InChI=1S/C11H9NO3/c13-11(14)10-9(7-15-12-10)6-8-4-2-1-3-5-8/h1-5,7H,6H2,(H,13,14). The fraction of sp³-hybridized carbons (Fsp3) is 0.0909. The Labute approximate surface area is 86.1 Å². The van der Waals surface area contributed by atoms with Gasteiger partial charge in [-0.3, -0.25) is 0 Å². The SMILES string of the molecule is O=C(O)c1nocc1Cc1ccccc1. The Hall–Kier alpha value is -2.10. The van der Waals surface area contributed by atoms with E-state index >= 15 is 0 Å². The van der Waals surface area contributed by atoms with Gasteiger partial charge >= 0.3 is 5.97 Å². The molecule has 0 unspecified atom stereocenters. The van der Waals surface area contributed by atoms with Crippen molar-refractivity contribution in [1.82, 2.24) is 5.16 Å². The molecule has 15 heavy (non-hydrogen) atoms. The van der Waals surface area contributed by atoms with E-state index in [1.165, 1.54) is 6.26 Å². The second-order valence-corrected chi connectivity index (χ2v) is 3.16. The molecule has 0 bridgehead atoms. The monoisotopic (exact) mass is 203 g/mol. The van der Waals surface area contributed by atoms with Gasteiger partial charge in [-0.2, -0.15) is 0 Å². The number of nitrogens with zero attached hydrogens (tertiary/aromatic N) is 1. The average molecular weight is 203 g/mol. The molecule has 1 aromatic carbocycles. The Bertz CT molecular complexity index is 462. The van der Waals surface area contributed by atoms with E-state index in [4.69, 9.17) is 5.11 Å². The molecule has 0 saturated carbocycles. The molecule has 0 aliphatic rings. The first-order valence-corrected chi connectivity index (χ1v) is 4.48. The van der Waals surface area contributed by atoms with Crippen molar-refractivity contribution in [2.75, 3.05) is 0 Å². The summed E-state index contributed by atoms with van der Waals surface area (Å²) in [5, 5.41) is 12.2. The maximum Gasteiger partial charge on any atom is 0.358 e. The molecule has 0 saturated heterocycles. The molecule has 1 heterocycles. The van der Waals surface area contributed by atoms with E-state index < -0.39 is 5.97 Å². The second kappa shape index (κ2) is 3.96. The van der Waals surface area contributed by atoms with Crippen molar-refractivity contribution in [3.8, 4) is 0 Å². The third-order valence-electron chi connectivity index (χ3n) is 2.08. The molecule has 76 valence electrons. The number of rotatable bonds is 3. The van der Waals surface area contributed by atoms with Crippen LogP contribution >= 0.6 is 0 Å². The second-order valence-electron chi connectivity index (χ2n) is 3.16. The number of aromatic carboxylic acids is 1. The maximum absolute atomic E-state index is 10.8. The summed E-state index contributed by atoms with van der Waals surface area (Å²) < 4.78 is 4.65. The van der Waals surface area contributed by atoms with Gasteiger partial charge in [0.2, 0.25) is 0 Å². The highest BCUT2D eigenvalue weighted by molar-refractivity contribution is 5.86. The van der Waals surface area contributed by atoms with E-state index in [1.54, 1.807) is 0 Å². The minimum absolute atomic E-state index is 0.0150. The summed E-state index contributed by atoms with van der Waals surface area (Å²) in [6.45, 7) is 0. The van der Waals surface area contributed by atoms with Gasteiger partial charge in [0.1, 0.15) is 6.26 Å². The van der Waals surface area contributed by atoms with Gasteiger partial charge in [0.05, 0.1) is 0 Å². The van der Waals surface area contributed by atoms with E-state index in [0.717, 1.165) is 5.56 Å². The van der Waals surface area contributed by atoms with Crippen LogP contribution in [0.3, 0.4) is 0 Å². The fourth-order valence-electron chi connectivity index (χ4n) is 1.37. The first kappa shape index (κ1) is 9.45. The molecule has 2 aromatic rings. The summed E-state index contributed by atoms with van der Waals surface area (Å²) in [7, 11) is 0. The van der Waals surface area contributed by atoms with Crippen LogP contribution in [0.2, 0.25) is 0 Å².